The van der Waals surface area contributed by atoms with Crippen LogP contribution in [0.15, 0.2) is 47.7 Å². The minimum atomic E-state index is -0.320. The molecule has 0 spiro atoms. The number of amides is 1. The van der Waals surface area contributed by atoms with Crippen LogP contribution in [0.4, 0.5) is 0 Å². The molecule has 2 aromatic heterocycles. The second-order valence-electron chi connectivity index (χ2n) is 5.66. The van der Waals surface area contributed by atoms with Gasteiger partial charge in [0.1, 0.15) is 5.75 Å². The van der Waals surface area contributed by atoms with Gasteiger partial charge in [0.2, 0.25) is 0 Å². The Labute approximate surface area is 145 Å². The van der Waals surface area contributed by atoms with Gasteiger partial charge in [0.05, 0.1) is 11.9 Å². The van der Waals surface area contributed by atoms with Crippen molar-refractivity contribution in [3.8, 4) is 5.75 Å². The van der Waals surface area contributed by atoms with E-state index < -0.39 is 0 Å². The van der Waals surface area contributed by atoms with Crippen LogP contribution in [0, 0.1) is 6.92 Å². The Bertz CT molecular complexity index is 915. The molecule has 25 heavy (non-hydrogen) atoms. The third kappa shape index (κ3) is 4.23. The number of hydrogen-bond donors (Lipinski definition) is 2. The SMILES string of the molecule is CCc1nc(C)ccc1OCC(=O)NN=Cc1ccc2cc[nH]c2c1. The first kappa shape index (κ1) is 16.7. The van der Waals surface area contributed by atoms with Gasteiger partial charge >= 0.3 is 0 Å². The van der Waals surface area contributed by atoms with E-state index in [0.29, 0.717) is 5.75 Å². The number of H-pyrrole nitrogens is 1. The largest absolute Gasteiger partial charge is 0.482 e. The summed E-state index contributed by atoms with van der Waals surface area (Å²) < 4.78 is 5.54. The zero-order valence-electron chi connectivity index (χ0n) is 14.2. The molecular formula is C19H20N4O2. The molecule has 0 unspecified atom stereocenters. The number of aryl methyl sites for hydroxylation is 2. The molecule has 2 heterocycles. The second kappa shape index (κ2) is 7.61. The minimum absolute atomic E-state index is 0.106. The molecule has 0 saturated heterocycles. The maximum absolute atomic E-state index is 11.9. The first-order valence-corrected chi connectivity index (χ1v) is 8.14. The van der Waals surface area contributed by atoms with Crippen LogP contribution in [0.2, 0.25) is 0 Å². The van der Waals surface area contributed by atoms with Crippen LogP contribution < -0.4 is 10.2 Å². The van der Waals surface area contributed by atoms with Crippen molar-refractivity contribution in [2.75, 3.05) is 6.61 Å². The third-order valence-corrected chi connectivity index (χ3v) is 3.75. The number of hydrazone groups is 1. The summed E-state index contributed by atoms with van der Waals surface area (Å²) in [5.41, 5.74) is 6.16. The highest BCUT2D eigenvalue weighted by Crippen LogP contribution is 2.17. The monoisotopic (exact) mass is 336 g/mol. The summed E-state index contributed by atoms with van der Waals surface area (Å²) >= 11 is 0. The lowest BCUT2D eigenvalue weighted by Crippen LogP contribution is -2.25. The van der Waals surface area contributed by atoms with Crippen LogP contribution in [0.5, 0.6) is 5.75 Å². The number of pyridine rings is 1. The highest BCUT2D eigenvalue weighted by Gasteiger charge is 2.07. The maximum atomic E-state index is 11.9. The number of aromatic amines is 1. The number of nitrogens with zero attached hydrogens (tertiary/aromatic N) is 2. The van der Waals surface area contributed by atoms with Gasteiger partial charge in [0.25, 0.3) is 5.91 Å². The second-order valence-corrected chi connectivity index (χ2v) is 5.66. The van der Waals surface area contributed by atoms with Crippen LogP contribution in [-0.4, -0.2) is 28.7 Å². The first-order valence-electron chi connectivity index (χ1n) is 8.14. The first-order chi connectivity index (χ1) is 12.2. The van der Waals surface area contributed by atoms with Crippen molar-refractivity contribution >= 4 is 23.0 Å². The average Bonchev–Trinajstić information content (AvgIpc) is 3.08. The minimum Gasteiger partial charge on any atom is -0.482 e. The average molecular weight is 336 g/mol. The Balaban J connectivity index is 1.54. The Kier molecular flexibility index (Phi) is 5.09. The van der Waals surface area contributed by atoms with E-state index in [9.17, 15) is 4.79 Å². The fourth-order valence-electron chi connectivity index (χ4n) is 2.48. The van der Waals surface area contributed by atoms with Gasteiger partial charge in [-0.2, -0.15) is 5.10 Å². The molecule has 3 aromatic rings. The molecule has 0 radical (unpaired) electrons. The Hall–Kier alpha value is -3.15. The summed E-state index contributed by atoms with van der Waals surface area (Å²) in [4.78, 5) is 19.4. The van der Waals surface area contributed by atoms with Gasteiger partial charge in [-0.1, -0.05) is 19.1 Å². The summed E-state index contributed by atoms with van der Waals surface area (Å²) in [6.07, 6.45) is 4.23. The number of benzene rings is 1. The molecule has 1 aromatic carbocycles. The van der Waals surface area contributed by atoms with Crippen LogP contribution in [0.3, 0.4) is 0 Å². The summed E-state index contributed by atoms with van der Waals surface area (Å²) in [6.45, 7) is 3.82. The summed E-state index contributed by atoms with van der Waals surface area (Å²) in [5, 5.41) is 5.10. The zero-order valence-corrected chi connectivity index (χ0v) is 14.2. The number of nitrogens with one attached hydrogen (secondary N) is 2. The van der Waals surface area contributed by atoms with E-state index in [1.165, 1.54) is 0 Å². The van der Waals surface area contributed by atoms with Gasteiger partial charge in [0, 0.05) is 17.4 Å². The molecular weight excluding hydrogens is 316 g/mol. The van der Waals surface area contributed by atoms with E-state index in [1.807, 2.05) is 56.4 Å². The van der Waals surface area contributed by atoms with Crippen molar-refractivity contribution < 1.29 is 9.53 Å². The molecule has 3 rings (SSSR count). The van der Waals surface area contributed by atoms with Crippen molar-refractivity contribution in [1.82, 2.24) is 15.4 Å². The number of hydrogen-bond acceptors (Lipinski definition) is 4. The van der Waals surface area contributed by atoms with Crippen molar-refractivity contribution in [3.05, 3.63) is 59.5 Å². The summed E-state index contributed by atoms with van der Waals surface area (Å²) in [6, 6.07) is 11.6. The Morgan fingerprint density at radius 1 is 1.32 bits per heavy atom. The molecule has 6 nitrogen and oxygen atoms in total. The van der Waals surface area contributed by atoms with E-state index in [0.717, 1.165) is 34.3 Å². The smallest absolute Gasteiger partial charge is 0.277 e. The topological polar surface area (TPSA) is 79.4 Å². The fraction of sp³-hybridized carbons (Fsp3) is 0.211. The molecule has 0 saturated carbocycles. The molecule has 2 N–H and O–H groups in total. The van der Waals surface area contributed by atoms with Crippen molar-refractivity contribution in [1.29, 1.82) is 0 Å². The number of carbonyl (C=O) groups excluding carboxylic acids is 1. The number of fused-ring (bicyclic) bond motifs is 1. The molecule has 6 heteroatoms. The lowest BCUT2D eigenvalue weighted by molar-refractivity contribution is -0.123. The molecule has 0 aliphatic carbocycles. The fourth-order valence-corrected chi connectivity index (χ4v) is 2.48. The number of rotatable bonds is 6. The summed E-state index contributed by atoms with van der Waals surface area (Å²) in [5.74, 6) is 0.309. The van der Waals surface area contributed by atoms with Gasteiger partial charge in [0.15, 0.2) is 6.61 Å². The van der Waals surface area contributed by atoms with E-state index in [-0.39, 0.29) is 12.5 Å². The highest BCUT2D eigenvalue weighted by molar-refractivity contribution is 5.89. The molecule has 0 fully saturated rings. The van der Waals surface area contributed by atoms with E-state index in [4.69, 9.17) is 4.74 Å². The third-order valence-electron chi connectivity index (χ3n) is 3.75. The molecule has 0 bridgehead atoms. The molecule has 1 amide bonds. The van der Waals surface area contributed by atoms with Crippen molar-refractivity contribution in [2.24, 2.45) is 5.10 Å². The zero-order chi connectivity index (χ0) is 17.6. The van der Waals surface area contributed by atoms with E-state index in [1.54, 1.807) is 6.21 Å². The summed E-state index contributed by atoms with van der Waals surface area (Å²) in [7, 11) is 0. The van der Waals surface area contributed by atoms with Crippen LogP contribution in [-0.2, 0) is 11.2 Å². The van der Waals surface area contributed by atoms with Gasteiger partial charge in [-0.05, 0) is 48.6 Å². The lowest BCUT2D eigenvalue weighted by atomic mass is 10.2. The van der Waals surface area contributed by atoms with Crippen LogP contribution in [0.25, 0.3) is 10.9 Å². The Morgan fingerprint density at radius 3 is 3.04 bits per heavy atom. The van der Waals surface area contributed by atoms with Gasteiger partial charge in [-0.25, -0.2) is 5.43 Å². The molecule has 0 atom stereocenters. The van der Waals surface area contributed by atoms with Crippen LogP contribution in [0.1, 0.15) is 23.9 Å². The van der Waals surface area contributed by atoms with E-state index in [2.05, 4.69) is 20.5 Å². The Morgan fingerprint density at radius 2 is 2.20 bits per heavy atom. The molecule has 128 valence electrons. The highest BCUT2D eigenvalue weighted by atomic mass is 16.5. The van der Waals surface area contributed by atoms with Crippen molar-refractivity contribution in [2.45, 2.75) is 20.3 Å². The number of aromatic nitrogens is 2. The standard InChI is InChI=1S/C19H20N4O2/c1-3-16-18(7-4-13(2)22-16)25-12-19(24)23-21-11-14-5-6-15-8-9-20-17(15)10-14/h4-11,20H,3,12H2,1-2H3,(H,23,24). The van der Waals surface area contributed by atoms with Crippen LogP contribution >= 0.6 is 0 Å². The lowest BCUT2D eigenvalue weighted by Gasteiger charge is -2.09. The van der Waals surface area contributed by atoms with Gasteiger partial charge in [-0.15, -0.1) is 0 Å². The van der Waals surface area contributed by atoms with Crippen molar-refractivity contribution in [3.63, 3.8) is 0 Å². The number of ether oxygens (including phenoxy) is 1. The van der Waals surface area contributed by atoms with E-state index >= 15 is 0 Å². The predicted molar refractivity (Wildman–Crippen MR) is 97.9 cm³/mol. The molecule has 0 aliphatic rings. The predicted octanol–water partition coefficient (Wildman–Crippen LogP) is 2.96. The van der Waals surface area contributed by atoms with Gasteiger partial charge < -0.3 is 9.72 Å². The quantitative estimate of drug-likeness (QED) is 0.536. The van der Waals surface area contributed by atoms with Gasteiger partial charge in [-0.3, -0.25) is 9.78 Å². The normalized spacial score (nSPS) is 11.1. The molecule has 0 aliphatic heterocycles. The maximum Gasteiger partial charge on any atom is 0.277 e. The number of carbonyl (C=O) groups is 1.